The molecule has 0 aliphatic heterocycles. The molecule has 1 atom stereocenters. The molecule has 5 heteroatoms. The van der Waals surface area contributed by atoms with Gasteiger partial charge in [-0.2, -0.15) is 0 Å². The monoisotopic (exact) mass is 305 g/mol. The number of alkyl halides is 1. The predicted molar refractivity (Wildman–Crippen MR) is 87.2 cm³/mol. The molecule has 0 aliphatic carbocycles. The van der Waals surface area contributed by atoms with E-state index in [-0.39, 0.29) is 17.6 Å². The minimum atomic E-state index is -0.115. The molecule has 1 aromatic carbocycles. The Hall–Kier alpha value is -1.81. The molecule has 2 rings (SSSR count). The molecule has 0 aliphatic rings. The van der Waals surface area contributed by atoms with E-state index >= 15 is 0 Å². The second-order valence-corrected chi connectivity index (χ2v) is 5.58. The fraction of sp³-hybridized carbons (Fsp3) is 0.375. The molecule has 0 saturated heterocycles. The number of rotatable bonds is 6. The van der Waals surface area contributed by atoms with Crippen LogP contribution in [0.5, 0.6) is 0 Å². The van der Waals surface area contributed by atoms with Gasteiger partial charge >= 0.3 is 0 Å². The SMILES string of the molecule is CC(C)n1ccnc(NC(CCl)Cc2ccccc2)c1=O. The zero-order valence-electron chi connectivity index (χ0n) is 12.3. The minimum Gasteiger partial charge on any atom is -0.361 e. The fourth-order valence-corrected chi connectivity index (χ4v) is 2.35. The molecule has 2 aromatic rings. The maximum Gasteiger partial charge on any atom is 0.293 e. The van der Waals surface area contributed by atoms with Crippen LogP contribution in [0.15, 0.2) is 47.5 Å². The lowest BCUT2D eigenvalue weighted by Crippen LogP contribution is -2.32. The van der Waals surface area contributed by atoms with Crippen LogP contribution in [0.2, 0.25) is 0 Å². The van der Waals surface area contributed by atoms with Crippen molar-refractivity contribution in [2.24, 2.45) is 0 Å². The third-order valence-electron chi connectivity index (χ3n) is 3.28. The van der Waals surface area contributed by atoms with Gasteiger partial charge in [-0.05, 0) is 25.8 Å². The first-order valence-electron chi connectivity index (χ1n) is 7.05. The van der Waals surface area contributed by atoms with Crippen LogP contribution in [0.1, 0.15) is 25.5 Å². The van der Waals surface area contributed by atoms with E-state index in [2.05, 4.69) is 10.3 Å². The van der Waals surface area contributed by atoms with Gasteiger partial charge in [0.25, 0.3) is 5.56 Å². The van der Waals surface area contributed by atoms with E-state index in [1.54, 1.807) is 17.0 Å². The molecule has 4 nitrogen and oxygen atoms in total. The number of nitrogens with zero attached hydrogens (tertiary/aromatic N) is 2. The summed E-state index contributed by atoms with van der Waals surface area (Å²) in [4.78, 5) is 16.5. The third kappa shape index (κ3) is 4.08. The normalized spacial score (nSPS) is 12.4. The van der Waals surface area contributed by atoms with Crippen molar-refractivity contribution < 1.29 is 0 Å². The first-order valence-corrected chi connectivity index (χ1v) is 7.59. The lowest BCUT2D eigenvalue weighted by atomic mass is 10.1. The van der Waals surface area contributed by atoms with Crippen LogP contribution in [0, 0.1) is 0 Å². The summed E-state index contributed by atoms with van der Waals surface area (Å²) in [6, 6.07) is 10.1. The van der Waals surface area contributed by atoms with Crippen LogP contribution in [0.25, 0.3) is 0 Å². The van der Waals surface area contributed by atoms with E-state index in [4.69, 9.17) is 11.6 Å². The second kappa shape index (κ2) is 7.27. The Kier molecular flexibility index (Phi) is 5.39. The Morgan fingerprint density at radius 3 is 2.62 bits per heavy atom. The van der Waals surface area contributed by atoms with Crippen molar-refractivity contribution >= 4 is 17.4 Å². The van der Waals surface area contributed by atoms with Crippen LogP contribution in [-0.2, 0) is 6.42 Å². The van der Waals surface area contributed by atoms with Crippen molar-refractivity contribution in [1.29, 1.82) is 0 Å². The van der Waals surface area contributed by atoms with Crippen LogP contribution in [0.4, 0.5) is 5.82 Å². The molecule has 1 N–H and O–H groups in total. The average Bonchev–Trinajstić information content (AvgIpc) is 2.49. The second-order valence-electron chi connectivity index (χ2n) is 5.27. The maximum absolute atomic E-state index is 12.3. The van der Waals surface area contributed by atoms with Gasteiger partial charge in [0, 0.05) is 30.4 Å². The molecule has 0 radical (unpaired) electrons. The van der Waals surface area contributed by atoms with Crippen molar-refractivity contribution in [3.8, 4) is 0 Å². The smallest absolute Gasteiger partial charge is 0.293 e. The number of hydrogen-bond acceptors (Lipinski definition) is 3. The number of anilines is 1. The van der Waals surface area contributed by atoms with Gasteiger partial charge in [-0.15, -0.1) is 11.6 Å². The Morgan fingerprint density at radius 2 is 2.00 bits per heavy atom. The lowest BCUT2D eigenvalue weighted by Gasteiger charge is -2.18. The molecule has 0 amide bonds. The van der Waals surface area contributed by atoms with E-state index in [1.807, 2.05) is 44.2 Å². The van der Waals surface area contributed by atoms with Gasteiger partial charge in [0.15, 0.2) is 5.82 Å². The van der Waals surface area contributed by atoms with Crippen molar-refractivity contribution in [2.75, 3.05) is 11.2 Å². The molecule has 21 heavy (non-hydrogen) atoms. The summed E-state index contributed by atoms with van der Waals surface area (Å²) < 4.78 is 1.66. The minimum absolute atomic E-state index is 0.0303. The van der Waals surface area contributed by atoms with Gasteiger partial charge in [0.05, 0.1) is 0 Å². The standard InChI is InChI=1S/C16H20ClN3O/c1-12(2)20-9-8-18-15(16(20)21)19-14(11-17)10-13-6-4-3-5-7-13/h3-9,12,14H,10-11H2,1-2H3,(H,18,19). The summed E-state index contributed by atoms with van der Waals surface area (Å²) in [7, 11) is 0. The molecule has 0 fully saturated rings. The van der Waals surface area contributed by atoms with Gasteiger partial charge in [0.1, 0.15) is 0 Å². The largest absolute Gasteiger partial charge is 0.361 e. The lowest BCUT2D eigenvalue weighted by molar-refractivity contribution is 0.574. The van der Waals surface area contributed by atoms with Gasteiger partial charge < -0.3 is 9.88 Å². The zero-order chi connectivity index (χ0) is 15.2. The van der Waals surface area contributed by atoms with Crippen molar-refractivity contribution in [2.45, 2.75) is 32.4 Å². The van der Waals surface area contributed by atoms with E-state index in [0.717, 1.165) is 6.42 Å². The highest BCUT2D eigenvalue weighted by Gasteiger charge is 2.13. The number of aromatic nitrogens is 2. The van der Waals surface area contributed by atoms with E-state index in [9.17, 15) is 4.79 Å². The van der Waals surface area contributed by atoms with Crippen molar-refractivity contribution in [3.05, 3.63) is 58.6 Å². The highest BCUT2D eigenvalue weighted by atomic mass is 35.5. The summed E-state index contributed by atoms with van der Waals surface area (Å²) in [5.74, 6) is 0.764. The van der Waals surface area contributed by atoms with E-state index < -0.39 is 0 Å². The van der Waals surface area contributed by atoms with E-state index in [1.165, 1.54) is 5.56 Å². The molecule has 1 unspecified atom stereocenters. The van der Waals surface area contributed by atoms with Crippen molar-refractivity contribution in [1.82, 2.24) is 9.55 Å². The van der Waals surface area contributed by atoms with Crippen LogP contribution in [-0.4, -0.2) is 21.5 Å². The summed E-state index contributed by atoms with van der Waals surface area (Å²) in [5.41, 5.74) is 1.06. The predicted octanol–water partition coefficient (Wildman–Crippen LogP) is 3.09. The Labute approximate surface area is 129 Å². The topological polar surface area (TPSA) is 46.9 Å². The number of hydrogen-bond donors (Lipinski definition) is 1. The molecule has 112 valence electrons. The van der Waals surface area contributed by atoms with Crippen LogP contribution in [0.3, 0.4) is 0 Å². The molecule has 1 heterocycles. The van der Waals surface area contributed by atoms with Crippen LogP contribution < -0.4 is 10.9 Å². The molecule has 0 saturated carbocycles. The number of nitrogens with one attached hydrogen (secondary N) is 1. The summed E-state index contributed by atoms with van der Waals surface area (Å²) in [5, 5.41) is 3.16. The zero-order valence-corrected chi connectivity index (χ0v) is 13.0. The Morgan fingerprint density at radius 1 is 1.29 bits per heavy atom. The fourth-order valence-electron chi connectivity index (χ4n) is 2.17. The maximum atomic E-state index is 12.3. The summed E-state index contributed by atoms with van der Waals surface area (Å²) in [6.07, 6.45) is 4.09. The van der Waals surface area contributed by atoms with Gasteiger partial charge in [-0.3, -0.25) is 4.79 Å². The highest BCUT2D eigenvalue weighted by molar-refractivity contribution is 6.18. The first kappa shape index (κ1) is 15.6. The quantitative estimate of drug-likeness (QED) is 0.834. The van der Waals surface area contributed by atoms with E-state index in [0.29, 0.717) is 11.7 Å². The Balaban J connectivity index is 2.16. The summed E-state index contributed by atoms with van der Waals surface area (Å²) in [6.45, 7) is 3.93. The molecule has 1 aromatic heterocycles. The van der Waals surface area contributed by atoms with Gasteiger partial charge in [0.2, 0.25) is 0 Å². The number of halogens is 1. The third-order valence-corrected chi connectivity index (χ3v) is 3.65. The van der Waals surface area contributed by atoms with Gasteiger partial charge in [-0.1, -0.05) is 30.3 Å². The Bertz CT molecular complexity index is 625. The molecule has 0 bridgehead atoms. The first-order chi connectivity index (χ1) is 10.1. The molecular weight excluding hydrogens is 286 g/mol. The highest BCUT2D eigenvalue weighted by Crippen LogP contribution is 2.09. The van der Waals surface area contributed by atoms with Crippen molar-refractivity contribution in [3.63, 3.8) is 0 Å². The van der Waals surface area contributed by atoms with Crippen LogP contribution >= 0.6 is 11.6 Å². The summed E-state index contributed by atoms with van der Waals surface area (Å²) >= 11 is 6.02. The molecular formula is C16H20ClN3O. The number of benzene rings is 1. The molecule has 0 spiro atoms. The van der Waals surface area contributed by atoms with Gasteiger partial charge in [-0.25, -0.2) is 4.98 Å². The average molecular weight is 306 g/mol.